The second-order valence-electron chi connectivity index (χ2n) is 4.41. The van der Waals surface area contributed by atoms with Crippen LogP contribution in [0.25, 0.3) is 0 Å². The second kappa shape index (κ2) is 5.20. The molecule has 0 saturated heterocycles. The quantitative estimate of drug-likeness (QED) is 0.379. The maximum atomic E-state index is 11.9. The van der Waals surface area contributed by atoms with Crippen molar-refractivity contribution in [1.82, 2.24) is 9.55 Å². The molecule has 0 spiro atoms. The third-order valence-corrected chi connectivity index (χ3v) is 3.16. The molecule has 1 N–H and O–H groups in total. The van der Waals surface area contributed by atoms with Crippen molar-refractivity contribution in [1.29, 1.82) is 0 Å². The summed E-state index contributed by atoms with van der Waals surface area (Å²) in [6, 6.07) is 0. The Morgan fingerprint density at radius 1 is 1.72 bits per heavy atom. The molecule has 0 radical (unpaired) electrons. The van der Waals surface area contributed by atoms with E-state index >= 15 is 0 Å². The molecule has 6 nitrogen and oxygen atoms in total. The lowest BCUT2D eigenvalue weighted by atomic mass is 10.2. The van der Waals surface area contributed by atoms with Crippen LogP contribution in [0.15, 0.2) is 11.5 Å². The van der Waals surface area contributed by atoms with E-state index in [0.29, 0.717) is 12.1 Å². The zero-order valence-corrected chi connectivity index (χ0v) is 10.6. The van der Waals surface area contributed by atoms with Crippen LogP contribution >= 0.6 is 0 Å². The predicted molar refractivity (Wildman–Crippen MR) is 64.7 cm³/mol. The third kappa shape index (κ3) is 2.23. The summed E-state index contributed by atoms with van der Waals surface area (Å²) >= 11 is 0. The lowest BCUT2D eigenvalue weighted by Crippen LogP contribution is -2.24. The van der Waals surface area contributed by atoms with Crippen molar-refractivity contribution in [2.24, 2.45) is 5.16 Å². The fraction of sp³-hybridized carbons (Fsp3) is 0.583. The zero-order valence-electron chi connectivity index (χ0n) is 10.6. The minimum Gasteiger partial charge on any atom is -0.458 e. The average Bonchev–Trinajstić information content (AvgIpc) is 2.94. The Hall–Kier alpha value is -1.85. The maximum absolute atomic E-state index is 11.9. The lowest BCUT2D eigenvalue weighted by Gasteiger charge is -2.10. The minimum absolute atomic E-state index is 0.106. The number of esters is 1. The summed E-state index contributed by atoms with van der Waals surface area (Å²) in [4.78, 5) is 16.0. The van der Waals surface area contributed by atoms with E-state index in [-0.39, 0.29) is 11.8 Å². The van der Waals surface area contributed by atoms with Gasteiger partial charge in [-0.2, -0.15) is 0 Å². The second-order valence-corrected chi connectivity index (χ2v) is 4.41. The number of imidazole rings is 1. The van der Waals surface area contributed by atoms with Gasteiger partial charge in [0.15, 0.2) is 0 Å². The largest absolute Gasteiger partial charge is 0.458 e. The summed E-state index contributed by atoms with van der Waals surface area (Å²) in [7, 11) is 0. The maximum Gasteiger partial charge on any atom is 0.363 e. The monoisotopic (exact) mass is 251 g/mol. The molecule has 0 amide bonds. The molecular weight excluding hydrogens is 234 g/mol. The number of hydrogen-bond donors (Lipinski definition) is 1. The van der Waals surface area contributed by atoms with Crippen molar-refractivity contribution in [2.75, 3.05) is 0 Å². The first-order chi connectivity index (χ1) is 8.67. The van der Waals surface area contributed by atoms with E-state index in [4.69, 9.17) is 9.94 Å². The summed E-state index contributed by atoms with van der Waals surface area (Å²) in [6.45, 7) is 4.61. The first kappa shape index (κ1) is 12.6. The number of nitrogens with zero attached hydrogens (tertiary/aromatic N) is 3. The van der Waals surface area contributed by atoms with Crippen LogP contribution in [-0.4, -0.2) is 32.5 Å². The van der Waals surface area contributed by atoms with Crippen LogP contribution in [0.3, 0.4) is 0 Å². The van der Waals surface area contributed by atoms with Gasteiger partial charge in [-0.15, -0.1) is 0 Å². The number of carbonyl (C=O) groups excluding carboxylic acids is 1. The van der Waals surface area contributed by atoms with Crippen LogP contribution in [0.1, 0.15) is 38.1 Å². The Morgan fingerprint density at radius 3 is 3.17 bits per heavy atom. The topological polar surface area (TPSA) is 76.7 Å². The number of hydrogen-bond acceptors (Lipinski definition) is 5. The van der Waals surface area contributed by atoms with Crippen LogP contribution < -0.4 is 0 Å². The van der Waals surface area contributed by atoms with Crippen molar-refractivity contribution in [3.8, 4) is 0 Å². The van der Waals surface area contributed by atoms with E-state index < -0.39 is 5.97 Å². The highest BCUT2D eigenvalue weighted by Gasteiger charge is 2.27. The van der Waals surface area contributed by atoms with Gasteiger partial charge in [0.05, 0.1) is 12.4 Å². The standard InChI is InChI=1S/C12H17N3O3/c1-3-8(2)18-12(16)11(14-17)10-9-5-4-6-15(9)7-13-10/h7-8,17H,3-6H2,1-2H3. The van der Waals surface area contributed by atoms with E-state index in [2.05, 4.69) is 10.1 Å². The molecule has 6 heteroatoms. The summed E-state index contributed by atoms with van der Waals surface area (Å²) in [5.41, 5.74) is 1.26. The summed E-state index contributed by atoms with van der Waals surface area (Å²) in [5.74, 6) is -0.625. The number of aromatic nitrogens is 2. The zero-order chi connectivity index (χ0) is 13.1. The number of carbonyl (C=O) groups is 1. The van der Waals surface area contributed by atoms with Gasteiger partial charge in [-0.1, -0.05) is 12.1 Å². The molecular formula is C12H17N3O3. The van der Waals surface area contributed by atoms with Crippen molar-refractivity contribution in [2.45, 2.75) is 45.8 Å². The van der Waals surface area contributed by atoms with Gasteiger partial charge in [0, 0.05) is 12.2 Å². The third-order valence-electron chi connectivity index (χ3n) is 3.16. The first-order valence-corrected chi connectivity index (χ1v) is 6.14. The highest BCUT2D eigenvalue weighted by molar-refractivity contribution is 6.42. The van der Waals surface area contributed by atoms with Crippen molar-refractivity contribution in [3.05, 3.63) is 17.7 Å². The Bertz CT molecular complexity index is 479. The predicted octanol–water partition coefficient (Wildman–Crippen LogP) is 1.35. The summed E-state index contributed by atoms with van der Waals surface area (Å²) in [5, 5.41) is 12.1. The van der Waals surface area contributed by atoms with Gasteiger partial charge in [0.25, 0.3) is 0 Å². The van der Waals surface area contributed by atoms with E-state index in [1.165, 1.54) is 0 Å². The van der Waals surface area contributed by atoms with E-state index in [9.17, 15) is 4.79 Å². The molecule has 0 aliphatic carbocycles. The minimum atomic E-state index is -0.625. The van der Waals surface area contributed by atoms with Crippen LogP contribution in [0.5, 0.6) is 0 Å². The van der Waals surface area contributed by atoms with E-state index in [1.54, 1.807) is 13.3 Å². The molecule has 0 saturated carbocycles. The van der Waals surface area contributed by atoms with Crippen molar-refractivity contribution < 1.29 is 14.7 Å². The molecule has 0 aromatic carbocycles. The Labute approximate surface area is 105 Å². The Balaban J connectivity index is 2.21. The van der Waals surface area contributed by atoms with Gasteiger partial charge in [0.1, 0.15) is 5.69 Å². The van der Waals surface area contributed by atoms with E-state index in [0.717, 1.165) is 25.1 Å². The van der Waals surface area contributed by atoms with Crippen LogP contribution in [0.2, 0.25) is 0 Å². The summed E-state index contributed by atoms with van der Waals surface area (Å²) < 4.78 is 7.13. The Kier molecular flexibility index (Phi) is 3.64. The fourth-order valence-corrected chi connectivity index (χ4v) is 1.98. The molecule has 1 aromatic heterocycles. The normalized spacial score (nSPS) is 16.4. The van der Waals surface area contributed by atoms with Gasteiger partial charge in [-0.3, -0.25) is 0 Å². The molecule has 1 atom stereocenters. The molecule has 1 unspecified atom stereocenters. The summed E-state index contributed by atoms with van der Waals surface area (Å²) in [6.07, 6.45) is 4.03. The molecule has 2 rings (SSSR count). The molecule has 0 bridgehead atoms. The van der Waals surface area contributed by atoms with Crippen LogP contribution in [0, 0.1) is 0 Å². The van der Waals surface area contributed by atoms with Crippen molar-refractivity contribution in [3.63, 3.8) is 0 Å². The number of rotatable bonds is 4. The molecule has 98 valence electrons. The van der Waals surface area contributed by atoms with Crippen molar-refractivity contribution >= 4 is 11.7 Å². The molecule has 2 heterocycles. The number of fused-ring (bicyclic) bond motifs is 1. The van der Waals surface area contributed by atoms with E-state index in [1.807, 2.05) is 11.5 Å². The van der Waals surface area contributed by atoms with Gasteiger partial charge in [-0.25, -0.2) is 9.78 Å². The molecule has 0 fully saturated rings. The highest BCUT2D eigenvalue weighted by atomic mass is 16.5. The SMILES string of the molecule is CCC(C)OC(=O)C(=NO)c1ncn2c1CCC2. The fourth-order valence-electron chi connectivity index (χ4n) is 1.98. The van der Waals surface area contributed by atoms with Gasteiger partial charge < -0.3 is 14.5 Å². The molecule has 1 aliphatic heterocycles. The van der Waals surface area contributed by atoms with Gasteiger partial charge >= 0.3 is 5.97 Å². The smallest absolute Gasteiger partial charge is 0.363 e. The number of oxime groups is 1. The number of ether oxygens (including phenoxy) is 1. The molecule has 18 heavy (non-hydrogen) atoms. The average molecular weight is 251 g/mol. The number of aryl methyl sites for hydroxylation is 1. The van der Waals surface area contributed by atoms with Crippen LogP contribution in [0.4, 0.5) is 0 Å². The highest BCUT2D eigenvalue weighted by Crippen LogP contribution is 2.19. The van der Waals surface area contributed by atoms with Gasteiger partial charge in [0.2, 0.25) is 5.71 Å². The Morgan fingerprint density at radius 2 is 2.50 bits per heavy atom. The first-order valence-electron chi connectivity index (χ1n) is 6.14. The molecule has 1 aromatic rings. The van der Waals surface area contributed by atoms with Crippen LogP contribution in [-0.2, 0) is 22.5 Å². The molecule has 1 aliphatic rings. The van der Waals surface area contributed by atoms with Gasteiger partial charge in [-0.05, 0) is 26.2 Å². The lowest BCUT2D eigenvalue weighted by molar-refractivity contribution is -0.140.